The summed E-state index contributed by atoms with van der Waals surface area (Å²) in [5.74, 6) is -0.326. The van der Waals surface area contributed by atoms with Crippen LogP contribution in [0, 0.1) is 6.92 Å². The molecule has 0 aliphatic heterocycles. The molecular formula is C20H17N5O2S. The monoisotopic (exact) mass is 391 g/mol. The van der Waals surface area contributed by atoms with Gasteiger partial charge in [-0.3, -0.25) is 4.79 Å². The zero-order valence-corrected chi connectivity index (χ0v) is 15.9. The first-order chi connectivity index (χ1) is 13.6. The van der Waals surface area contributed by atoms with Crippen LogP contribution < -0.4 is 11.0 Å². The van der Waals surface area contributed by atoms with Crippen LogP contribution in [0.5, 0.6) is 0 Å². The molecule has 140 valence electrons. The summed E-state index contributed by atoms with van der Waals surface area (Å²) in [6.07, 6.45) is 0. The molecule has 0 fully saturated rings. The maximum atomic E-state index is 12.6. The van der Waals surface area contributed by atoms with Crippen molar-refractivity contribution in [3.63, 3.8) is 0 Å². The molecule has 0 aliphatic rings. The van der Waals surface area contributed by atoms with Crippen LogP contribution in [0.25, 0.3) is 5.65 Å². The molecule has 1 N–H and O–H groups in total. The van der Waals surface area contributed by atoms with Crippen molar-refractivity contribution in [2.75, 3.05) is 5.32 Å². The predicted molar refractivity (Wildman–Crippen MR) is 108 cm³/mol. The van der Waals surface area contributed by atoms with Crippen molar-refractivity contribution in [3.05, 3.63) is 82.8 Å². The maximum Gasteiger partial charge on any atom is 0.367 e. The quantitative estimate of drug-likeness (QED) is 0.566. The lowest BCUT2D eigenvalue weighted by atomic mass is 10.2. The van der Waals surface area contributed by atoms with E-state index in [1.807, 2.05) is 61.5 Å². The highest BCUT2D eigenvalue weighted by molar-refractivity contribution is 7.99. The minimum atomic E-state index is -0.454. The Labute approximate surface area is 165 Å². The second-order valence-corrected chi connectivity index (χ2v) is 7.30. The minimum Gasteiger partial charge on any atom is -0.324 e. The lowest BCUT2D eigenvalue weighted by Crippen LogP contribution is -2.28. The molecule has 7 nitrogen and oxygen atoms in total. The first-order valence-corrected chi connectivity index (χ1v) is 9.46. The minimum absolute atomic E-state index is 0.183. The van der Waals surface area contributed by atoms with E-state index in [9.17, 15) is 9.59 Å². The number of aromatic nitrogens is 4. The van der Waals surface area contributed by atoms with E-state index in [-0.39, 0.29) is 12.5 Å². The summed E-state index contributed by atoms with van der Waals surface area (Å²) in [5, 5.41) is 12.0. The maximum absolute atomic E-state index is 12.6. The lowest BCUT2D eigenvalue weighted by molar-refractivity contribution is -0.117. The molecule has 0 saturated heterocycles. The summed E-state index contributed by atoms with van der Waals surface area (Å²) in [7, 11) is 0. The number of rotatable bonds is 5. The van der Waals surface area contributed by atoms with Crippen molar-refractivity contribution < 1.29 is 4.79 Å². The standard InChI is InChI=1S/C20H17N5O2S/c1-14-7-9-15(10-8-14)21-18(26)13-24-20(27)25-17(22-24)11-12-19(23-25)28-16-5-3-2-4-6-16/h2-12H,13H2,1H3,(H,21,26). The largest absolute Gasteiger partial charge is 0.367 e. The average Bonchev–Trinajstić information content (AvgIpc) is 3.00. The summed E-state index contributed by atoms with van der Waals surface area (Å²) in [6.45, 7) is 1.79. The summed E-state index contributed by atoms with van der Waals surface area (Å²) in [4.78, 5) is 25.9. The molecule has 0 bridgehead atoms. The van der Waals surface area contributed by atoms with Crippen LogP contribution in [0.4, 0.5) is 5.69 Å². The predicted octanol–water partition coefficient (Wildman–Crippen LogP) is 2.99. The number of anilines is 1. The third kappa shape index (κ3) is 3.96. The molecule has 0 atom stereocenters. The number of benzene rings is 2. The highest BCUT2D eigenvalue weighted by Gasteiger charge is 2.13. The number of carbonyl (C=O) groups excluding carboxylic acids is 1. The van der Waals surface area contributed by atoms with E-state index in [1.54, 1.807) is 12.1 Å². The third-order valence-corrected chi connectivity index (χ3v) is 4.94. The molecule has 0 unspecified atom stereocenters. The summed E-state index contributed by atoms with van der Waals surface area (Å²) >= 11 is 1.45. The van der Waals surface area contributed by atoms with E-state index in [0.717, 1.165) is 15.1 Å². The van der Waals surface area contributed by atoms with Crippen LogP contribution >= 0.6 is 11.8 Å². The van der Waals surface area contributed by atoms with E-state index in [1.165, 1.54) is 16.3 Å². The molecule has 0 saturated carbocycles. The van der Waals surface area contributed by atoms with E-state index in [4.69, 9.17) is 0 Å². The Morgan fingerprint density at radius 3 is 2.50 bits per heavy atom. The van der Waals surface area contributed by atoms with Crippen LogP contribution in [0.2, 0.25) is 0 Å². The average molecular weight is 391 g/mol. The fourth-order valence-corrected chi connectivity index (χ4v) is 3.43. The van der Waals surface area contributed by atoms with Gasteiger partial charge in [0, 0.05) is 10.6 Å². The fraction of sp³-hybridized carbons (Fsp3) is 0.100. The Morgan fingerprint density at radius 2 is 1.75 bits per heavy atom. The first kappa shape index (κ1) is 18.0. The van der Waals surface area contributed by atoms with Gasteiger partial charge in [0.25, 0.3) is 0 Å². The second kappa shape index (κ2) is 7.69. The molecule has 28 heavy (non-hydrogen) atoms. The number of carbonyl (C=O) groups is 1. The smallest absolute Gasteiger partial charge is 0.324 e. The number of nitrogens with zero attached hydrogens (tertiary/aromatic N) is 4. The number of amides is 1. The lowest BCUT2D eigenvalue weighted by Gasteiger charge is -2.04. The van der Waals surface area contributed by atoms with Crippen LogP contribution in [-0.4, -0.2) is 25.3 Å². The van der Waals surface area contributed by atoms with E-state index < -0.39 is 5.69 Å². The summed E-state index contributed by atoms with van der Waals surface area (Å²) < 4.78 is 2.33. The van der Waals surface area contributed by atoms with Gasteiger partial charge in [-0.1, -0.05) is 47.7 Å². The molecule has 8 heteroatoms. The van der Waals surface area contributed by atoms with Gasteiger partial charge in [-0.2, -0.15) is 9.61 Å². The number of hydrogen-bond donors (Lipinski definition) is 1. The van der Waals surface area contributed by atoms with Crippen LogP contribution in [-0.2, 0) is 11.3 Å². The molecule has 0 aliphatic carbocycles. The molecule has 0 radical (unpaired) electrons. The third-order valence-electron chi connectivity index (χ3n) is 4.01. The highest BCUT2D eigenvalue weighted by atomic mass is 32.2. The van der Waals surface area contributed by atoms with Crippen molar-refractivity contribution in [3.8, 4) is 0 Å². The van der Waals surface area contributed by atoms with Gasteiger partial charge in [-0.15, -0.1) is 5.10 Å². The molecule has 2 aromatic carbocycles. The Bertz CT molecular complexity index is 1180. The molecule has 1 amide bonds. The van der Waals surface area contributed by atoms with Gasteiger partial charge in [0.05, 0.1) is 0 Å². The molecule has 2 aromatic heterocycles. The number of aryl methyl sites for hydroxylation is 1. The molecule has 0 spiro atoms. The van der Waals surface area contributed by atoms with Gasteiger partial charge in [0.2, 0.25) is 5.91 Å². The molecule has 4 rings (SSSR count). The van der Waals surface area contributed by atoms with E-state index in [0.29, 0.717) is 16.4 Å². The number of fused-ring (bicyclic) bond motifs is 1. The van der Waals surface area contributed by atoms with Gasteiger partial charge < -0.3 is 5.32 Å². The topological polar surface area (TPSA) is 81.3 Å². The Balaban J connectivity index is 1.53. The van der Waals surface area contributed by atoms with Gasteiger partial charge >= 0.3 is 5.69 Å². The zero-order valence-electron chi connectivity index (χ0n) is 15.1. The van der Waals surface area contributed by atoms with Gasteiger partial charge in [0.15, 0.2) is 5.65 Å². The normalized spacial score (nSPS) is 10.9. The van der Waals surface area contributed by atoms with E-state index in [2.05, 4.69) is 15.5 Å². The van der Waals surface area contributed by atoms with Crippen molar-refractivity contribution in [1.29, 1.82) is 0 Å². The van der Waals surface area contributed by atoms with Gasteiger partial charge in [0.1, 0.15) is 11.6 Å². The first-order valence-electron chi connectivity index (χ1n) is 8.65. The van der Waals surface area contributed by atoms with Crippen molar-refractivity contribution in [2.24, 2.45) is 0 Å². The van der Waals surface area contributed by atoms with E-state index >= 15 is 0 Å². The Kier molecular flexibility index (Phi) is 4.94. The van der Waals surface area contributed by atoms with Crippen molar-refractivity contribution >= 4 is 29.0 Å². The van der Waals surface area contributed by atoms with Crippen molar-refractivity contribution in [2.45, 2.75) is 23.4 Å². The SMILES string of the molecule is Cc1ccc(NC(=O)Cn2nc3ccc(Sc4ccccc4)nn3c2=O)cc1. The Morgan fingerprint density at radius 1 is 1.00 bits per heavy atom. The zero-order chi connectivity index (χ0) is 19.5. The fourth-order valence-electron chi connectivity index (χ4n) is 2.63. The van der Waals surface area contributed by atoms with Crippen LogP contribution in [0.15, 0.2) is 81.4 Å². The summed E-state index contributed by atoms with van der Waals surface area (Å²) in [5.41, 5.74) is 1.71. The molecule has 4 aromatic rings. The molecular weight excluding hydrogens is 374 g/mol. The van der Waals surface area contributed by atoms with Crippen molar-refractivity contribution in [1.82, 2.24) is 19.4 Å². The number of hydrogen-bond acceptors (Lipinski definition) is 5. The summed E-state index contributed by atoms with van der Waals surface area (Å²) in [6, 6.07) is 20.7. The number of nitrogens with one attached hydrogen (secondary N) is 1. The second-order valence-electron chi connectivity index (χ2n) is 6.21. The highest BCUT2D eigenvalue weighted by Crippen LogP contribution is 2.25. The van der Waals surface area contributed by atoms with Gasteiger partial charge in [-0.05, 0) is 43.3 Å². The van der Waals surface area contributed by atoms with Crippen LogP contribution in [0.1, 0.15) is 5.56 Å². The van der Waals surface area contributed by atoms with Gasteiger partial charge in [-0.25, -0.2) is 9.48 Å². The molecule has 2 heterocycles. The Hall–Kier alpha value is -3.39. The van der Waals surface area contributed by atoms with Crippen LogP contribution in [0.3, 0.4) is 0 Å².